The lowest BCUT2D eigenvalue weighted by Crippen LogP contribution is -1.88. The molecule has 3 rings (SSSR count). The first-order chi connectivity index (χ1) is 9.47. The molecule has 0 amide bonds. The Hall–Kier alpha value is -2.48. The van der Waals surface area contributed by atoms with E-state index in [1.807, 2.05) is 0 Å². The Morgan fingerprint density at radius 2 is 1.65 bits per heavy atom. The van der Waals surface area contributed by atoms with E-state index in [2.05, 4.69) is 15.9 Å². The van der Waals surface area contributed by atoms with Crippen molar-refractivity contribution in [3.05, 3.63) is 55.0 Å². The van der Waals surface area contributed by atoms with Gasteiger partial charge >= 0.3 is 0 Å². The smallest absolute Gasteiger partial charge is 0.287 e. The Bertz CT molecular complexity index is 886. The topological polar surface area (TPSA) is 99.4 Å². The van der Waals surface area contributed by atoms with Crippen LogP contribution in [0, 0.1) is 20.2 Å². The van der Waals surface area contributed by atoms with Crippen molar-refractivity contribution in [3.8, 4) is 0 Å². The van der Waals surface area contributed by atoms with Gasteiger partial charge in [-0.3, -0.25) is 20.2 Å². The first kappa shape index (κ1) is 12.5. The number of halogens is 1. The number of hydrogen-bond donors (Lipinski definition) is 0. The van der Waals surface area contributed by atoms with Crippen molar-refractivity contribution in [1.82, 2.24) is 0 Å². The molecule has 20 heavy (non-hydrogen) atoms. The van der Waals surface area contributed by atoms with Crippen molar-refractivity contribution in [2.24, 2.45) is 0 Å². The van der Waals surface area contributed by atoms with Gasteiger partial charge in [-0.05, 0) is 28.1 Å². The lowest BCUT2D eigenvalue weighted by Gasteiger charge is -1.95. The molecule has 0 fully saturated rings. The van der Waals surface area contributed by atoms with Gasteiger partial charge in [-0.2, -0.15) is 0 Å². The van der Waals surface area contributed by atoms with Crippen molar-refractivity contribution in [1.29, 1.82) is 0 Å². The second-order valence-corrected chi connectivity index (χ2v) is 4.95. The summed E-state index contributed by atoms with van der Waals surface area (Å²) < 4.78 is 5.78. The monoisotopic (exact) mass is 336 g/mol. The number of rotatable bonds is 2. The normalized spacial score (nSPS) is 11.1. The van der Waals surface area contributed by atoms with Crippen LogP contribution in [0.1, 0.15) is 0 Å². The molecule has 0 bridgehead atoms. The van der Waals surface area contributed by atoms with E-state index in [1.165, 1.54) is 30.3 Å². The second kappa shape index (κ2) is 4.27. The molecule has 1 heterocycles. The van der Waals surface area contributed by atoms with Crippen molar-refractivity contribution in [2.75, 3.05) is 0 Å². The summed E-state index contributed by atoms with van der Waals surface area (Å²) in [5.74, 6) is 0. The third-order valence-corrected chi connectivity index (χ3v) is 3.56. The Kier molecular flexibility index (Phi) is 2.68. The van der Waals surface area contributed by atoms with E-state index >= 15 is 0 Å². The quantitative estimate of drug-likeness (QED) is 0.516. The van der Waals surface area contributed by atoms with Crippen LogP contribution in [-0.2, 0) is 0 Å². The molecule has 0 saturated carbocycles. The van der Waals surface area contributed by atoms with Gasteiger partial charge in [0.15, 0.2) is 0 Å². The van der Waals surface area contributed by atoms with Crippen LogP contribution in [-0.4, -0.2) is 9.85 Å². The molecule has 8 heteroatoms. The molecular formula is C12H5BrN2O5. The fourth-order valence-electron chi connectivity index (χ4n) is 2.03. The van der Waals surface area contributed by atoms with Gasteiger partial charge in [-0.15, -0.1) is 0 Å². The maximum Gasteiger partial charge on any atom is 0.287 e. The van der Waals surface area contributed by atoms with Crippen molar-refractivity contribution < 1.29 is 14.3 Å². The average Bonchev–Trinajstić information content (AvgIpc) is 2.74. The summed E-state index contributed by atoms with van der Waals surface area (Å²) in [5, 5.41) is 22.8. The van der Waals surface area contributed by atoms with E-state index in [0.29, 0.717) is 26.4 Å². The lowest BCUT2D eigenvalue weighted by molar-refractivity contribution is -0.385. The number of furan rings is 1. The molecule has 0 aliphatic carbocycles. The highest BCUT2D eigenvalue weighted by Gasteiger charge is 2.18. The second-order valence-electron chi connectivity index (χ2n) is 4.10. The largest absolute Gasteiger partial charge is 0.456 e. The summed E-state index contributed by atoms with van der Waals surface area (Å²) in [6.45, 7) is 0. The molecule has 0 N–H and O–H groups in total. The minimum absolute atomic E-state index is 0.0605. The minimum Gasteiger partial charge on any atom is -0.456 e. The summed E-state index contributed by atoms with van der Waals surface area (Å²) >= 11 is 3.12. The van der Waals surface area contributed by atoms with E-state index in [-0.39, 0.29) is 11.4 Å². The van der Waals surface area contributed by atoms with Gasteiger partial charge in [-0.1, -0.05) is 0 Å². The molecule has 7 nitrogen and oxygen atoms in total. The SMILES string of the molecule is O=[N+]([O-])c1ccc2oc3cc([N+](=O)[O-])c(Br)cc3c2c1. The Morgan fingerprint density at radius 3 is 2.30 bits per heavy atom. The predicted octanol–water partition coefficient (Wildman–Crippen LogP) is 4.16. The molecule has 0 atom stereocenters. The third kappa shape index (κ3) is 1.81. The van der Waals surface area contributed by atoms with Gasteiger partial charge in [0, 0.05) is 22.9 Å². The number of nitro benzene ring substituents is 2. The molecule has 0 spiro atoms. The zero-order valence-corrected chi connectivity index (χ0v) is 11.3. The molecule has 1 aromatic heterocycles. The van der Waals surface area contributed by atoms with Crippen LogP contribution in [0.25, 0.3) is 21.9 Å². The van der Waals surface area contributed by atoms with Gasteiger partial charge < -0.3 is 4.42 Å². The van der Waals surface area contributed by atoms with Crippen LogP contribution in [0.2, 0.25) is 0 Å². The van der Waals surface area contributed by atoms with Gasteiger partial charge in [0.1, 0.15) is 11.2 Å². The number of hydrogen-bond acceptors (Lipinski definition) is 5. The Morgan fingerprint density at radius 1 is 0.950 bits per heavy atom. The molecule has 0 radical (unpaired) electrons. The van der Waals surface area contributed by atoms with Crippen LogP contribution < -0.4 is 0 Å². The first-order valence-corrected chi connectivity index (χ1v) is 6.21. The first-order valence-electron chi connectivity index (χ1n) is 5.42. The van der Waals surface area contributed by atoms with Crippen LogP contribution in [0.3, 0.4) is 0 Å². The molecule has 0 aliphatic heterocycles. The zero-order valence-electron chi connectivity index (χ0n) is 9.70. The molecule has 0 unspecified atom stereocenters. The Balaban J connectivity index is 2.38. The number of nitrogens with zero attached hydrogens (tertiary/aromatic N) is 2. The van der Waals surface area contributed by atoms with Gasteiger partial charge in [-0.25, -0.2) is 0 Å². The molecule has 3 aromatic rings. The van der Waals surface area contributed by atoms with Crippen molar-refractivity contribution in [3.63, 3.8) is 0 Å². The summed E-state index contributed by atoms with van der Waals surface area (Å²) in [7, 11) is 0. The van der Waals surface area contributed by atoms with Crippen LogP contribution in [0.5, 0.6) is 0 Å². The zero-order chi connectivity index (χ0) is 14.4. The van der Waals surface area contributed by atoms with E-state index in [9.17, 15) is 20.2 Å². The van der Waals surface area contributed by atoms with Crippen LogP contribution >= 0.6 is 15.9 Å². The fraction of sp³-hybridized carbons (Fsp3) is 0. The van der Waals surface area contributed by atoms with E-state index < -0.39 is 9.85 Å². The molecule has 0 saturated heterocycles. The molecule has 2 aromatic carbocycles. The molecule has 0 aliphatic rings. The molecule has 100 valence electrons. The van der Waals surface area contributed by atoms with Gasteiger partial charge in [0.05, 0.1) is 20.4 Å². The van der Waals surface area contributed by atoms with E-state index in [1.54, 1.807) is 0 Å². The van der Waals surface area contributed by atoms with E-state index in [0.717, 1.165) is 0 Å². The predicted molar refractivity (Wildman–Crippen MR) is 74.7 cm³/mol. The maximum absolute atomic E-state index is 10.9. The Labute approximate surface area is 119 Å². The summed E-state index contributed by atoms with van der Waals surface area (Å²) in [6, 6.07) is 7.02. The highest BCUT2D eigenvalue weighted by Crippen LogP contribution is 2.37. The standard InChI is InChI=1S/C12H5BrN2O5/c13-9-4-8-7-3-6(14(16)17)1-2-11(7)20-12(8)5-10(9)15(18)19/h1-5H. The number of non-ortho nitro benzene ring substituents is 1. The number of nitro groups is 2. The lowest BCUT2D eigenvalue weighted by atomic mass is 10.1. The van der Waals surface area contributed by atoms with Crippen molar-refractivity contribution >= 4 is 49.2 Å². The number of fused-ring (bicyclic) bond motifs is 3. The van der Waals surface area contributed by atoms with Crippen LogP contribution in [0.15, 0.2) is 39.2 Å². The highest BCUT2D eigenvalue weighted by molar-refractivity contribution is 9.10. The highest BCUT2D eigenvalue weighted by atomic mass is 79.9. The third-order valence-electron chi connectivity index (χ3n) is 2.93. The van der Waals surface area contributed by atoms with Gasteiger partial charge in [0.25, 0.3) is 11.4 Å². The number of benzene rings is 2. The maximum atomic E-state index is 10.9. The average molecular weight is 337 g/mol. The summed E-state index contributed by atoms with van der Waals surface area (Å²) in [6.07, 6.45) is 0. The summed E-state index contributed by atoms with van der Waals surface area (Å²) in [5.41, 5.74) is 0.578. The van der Waals surface area contributed by atoms with E-state index in [4.69, 9.17) is 4.42 Å². The van der Waals surface area contributed by atoms with Crippen molar-refractivity contribution in [2.45, 2.75) is 0 Å². The van der Waals surface area contributed by atoms with Gasteiger partial charge in [0.2, 0.25) is 0 Å². The fourth-order valence-corrected chi connectivity index (χ4v) is 2.52. The van der Waals surface area contributed by atoms with Crippen LogP contribution in [0.4, 0.5) is 11.4 Å². The molecular weight excluding hydrogens is 332 g/mol. The minimum atomic E-state index is -0.529. The summed E-state index contributed by atoms with van der Waals surface area (Å²) in [4.78, 5) is 20.6.